The van der Waals surface area contributed by atoms with Gasteiger partial charge in [-0.15, -0.1) is 0 Å². The summed E-state index contributed by atoms with van der Waals surface area (Å²) in [5, 5.41) is 13.3. The van der Waals surface area contributed by atoms with Crippen molar-refractivity contribution in [2.75, 3.05) is 61.8 Å². The number of aliphatic hydroxyl groups excluding tert-OH is 1. The van der Waals surface area contributed by atoms with E-state index >= 15 is 0 Å². The summed E-state index contributed by atoms with van der Waals surface area (Å²) < 4.78 is 98.0. The third kappa shape index (κ3) is 29.1. The van der Waals surface area contributed by atoms with Gasteiger partial charge in [0.05, 0.1) is 52.4 Å². The van der Waals surface area contributed by atoms with E-state index in [1.54, 1.807) is 27.4 Å². The monoisotopic (exact) mass is 1720 g/mol. The highest BCUT2D eigenvalue weighted by Crippen LogP contribution is 2.44. The molecule has 19 nitrogen and oxygen atoms in total. The first kappa shape index (κ1) is 99.1. The van der Waals surface area contributed by atoms with Gasteiger partial charge < -0.3 is 80.3 Å². The maximum atomic E-state index is 14.3. The van der Waals surface area contributed by atoms with Crippen molar-refractivity contribution in [3.63, 3.8) is 0 Å². The van der Waals surface area contributed by atoms with E-state index in [9.17, 15) is 14.7 Å². The molecule has 0 bridgehead atoms. The maximum Gasteiger partial charge on any atom is 0.342 e. The number of aryl methyl sites for hydroxylation is 2. The first-order valence-corrected chi connectivity index (χ1v) is 51.8. The van der Waals surface area contributed by atoms with Crippen molar-refractivity contribution >= 4 is 59.2 Å². The van der Waals surface area contributed by atoms with Crippen molar-refractivity contribution in [3.05, 3.63) is 214 Å². The Morgan fingerprint density at radius 3 is 1.71 bits per heavy atom. The summed E-state index contributed by atoms with van der Waals surface area (Å²) in [6.45, 7) is 43.6. The van der Waals surface area contributed by atoms with Crippen LogP contribution in [0.2, 0.25) is 48.9 Å². The van der Waals surface area contributed by atoms with E-state index in [4.69, 9.17) is 75.2 Å². The highest BCUT2D eigenvalue weighted by molar-refractivity contribution is 6.99. The normalized spacial score (nSPS) is 20.6. The van der Waals surface area contributed by atoms with Crippen molar-refractivity contribution < 1.29 is 89.9 Å². The largest absolute Gasteiger partial charge is 0.497 e. The molecule has 6 aromatic carbocycles. The third-order valence-electron chi connectivity index (χ3n) is 23.0. The molecule has 9 rings (SSSR count). The smallest absolute Gasteiger partial charge is 0.342 e. The van der Waals surface area contributed by atoms with Gasteiger partial charge >= 0.3 is 11.9 Å². The number of benzene rings is 6. The van der Waals surface area contributed by atoms with Crippen LogP contribution < -0.4 is 29.3 Å². The summed E-state index contributed by atoms with van der Waals surface area (Å²) in [5.41, 5.74) is 6.43. The van der Waals surface area contributed by atoms with E-state index < -0.39 is 78.7 Å². The number of methoxy groups -OCH3 is 4. The summed E-state index contributed by atoms with van der Waals surface area (Å²) in [5.74, 6) is -0.286. The van der Waals surface area contributed by atoms with Gasteiger partial charge in [0.25, 0.3) is 8.32 Å². The fourth-order valence-corrected chi connectivity index (χ4v) is 21.6. The summed E-state index contributed by atoms with van der Waals surface area (Å²) in [6, 6.07) is 46.0. The van der Waals surface area contributed by atoms with Crippen molar-refractivity contribution in [2.45, 2.75) is 271 Å². The van der Waals surface area contributed by atoms with Gasteiger partial charge in [-0.1, -0.05) is 221 Å². The van der Waals surface area contributed by atoms with Crippen LogP contribution >= 0.6 is 0 Å². The van der Waals surface area contributed by atoms with E-state index in [0.717, 1.165) is 83.0 Å². The van der Waals surface area contributed by atoms with Crippen LogP contribution in [0.4, 0.5) is 0 Å². The average Bonchev–Trinajstić information content (AvgIpc) is 1.10. The van der Waals surface area contributed by atoms with Crippen molar-refractivity contribution in [2.24, 2.45) is 11.8 Å². The fraction of sp³-hybridized carbons (Fsp3) is 0.535. The van der Waals surface area contributed by atoms with Crippen molar-refractivity contribution in [3.8, 4) is 23.0 Å². The van der Waals surface area contributed by atoms with Crippen LogP contribution in [0.15, 0.2) is 170 Å². The molecular weight excluding hydrogens is 1580 g/mol. The predicted molar refractivity (Wildman–Crippen MR) is 490 cm³/mol. The molecule has 3 aliphatic rings. The fourth-order valence-electron chi connectivity index (χ4n) is 14.8. The van der Waals surface area contributed by atoms with Gasteiger partial charge in [0, 0.05) is 47.5 Å². The first-order valence-electron chi connectivity index (χ1n) is 43.2. The Morgan fingerprint density at radius 2 is 1.17 bits per heavy atom. The Labute approximate surface area is 726 Å². The Kier molecular flexibility index (Phi) is 37.7. The Hall–Kier alpha value is -7.37. The lowest BCUT2D eigenvalue weighted by Gasteiger charge is -2.45. The van der Waals surface area contributed by atoms with Crippen LogP contribution in [0.25, 0.3) is 12.2 Å². The Bertz CT molecular complexity index is 4240. The van der Waals surface area contributed by atoms with Gasteiger partial charge in [0.2, 0.25) is 0 Å². The zero-order valence-electron chi connectivity index (χ0n) is 76.7. The number of cyclic esters (lactones) is 1. The summed E-state index contributed by atoms with van der Waals surface area (Å²) >= 11 is 0. The molecule has 0 radical (unpaired) electrons. The maximum absolute atomic E-state index is 14.3. The van der Waals surface area contributed by atoms with Gasteiger partial charge in [-0.25, -0.2) is 9.59 Å². The molecule has 10 atom stereocenters. The zero-order valence-corrected chi connectivity index (χ0v) is 79.7. The molecule has 6 aromatic rings. The topological polar surface area (TPSA) is 202 Å². The number of carbonyl (C=O) groups is 2. The molecule has 0 saturated carbocycles. The van der Waals surface area contributed by atoms with Gasteiger partial charge in [-0.3, -0.25) is 0 Å². The van der Waals surface area contributed by atoms with Crippen LogP contribution in [0, 0.1) is 11.8 Å². The minimum absolute atomic E-state index is 0.00901. The van der Waals surface area contributed by atoms with Crippen LogP contribution in [0.5, 0.6) is 23.0 Å². The molecule has 1 N–H and O–H groups in total. The molecule has 2 unspecified atom stereocenters. The number of fused-ring (bicyclic) bond motifs is 2. The molecule has 2 saturated heterocycles. The van der Waals surface area contributed by atoms with E-state index in [1.165, 1.54) is 17.5 Å². The third-order valence-corrected chi connectivity index (χ3v) is 34.3. The van der Waals surface area contributed by atoms with Crippen LogP contribution in [0.1, 0.15) is 190 Å². The predicted octanol–water partition coefficient (Wildman–Crippen LogP) is 20.4. The molecule has 0 spiro atoms. The highest BCUT2D eigenvalue weighted by Gasteiger charge is 2.52. The van der Waals surface area contributed by atoms with E-state index in [1.807, 2.05) is 133 Å². The standard InChI is InChI=1S/C63H94O10Si3.C36H48O9/c1-47(48(2)72-76(62(6,7)8,52-28-20-18-21-29-52)53-30-22-19-23-31-53)34-40-57(73-75(16,17)61(3,4)5)59-56(70-63(9,10)71-59)33-26-32-54-50(27-24-25-42-67-45-49-35-38-51(66-12)39-36-49)37-41-55(69-46-65-11)58(54)60(64)68-43-44-74(13,14)15;1-24-13-19-30(37)34-32(44-36(3,4)45-34)12-9-11-29-27(10-7-8-21-41-22-26-14-17-28(40-6)18-15-26)16-20-31(42-23-39-5)33(29)35(38)43-25(24)2/h18-23,26,28-32,34-41,47-48,56-57,59H,24-25,27,33,42-46H2,1-17H3;9,11,13-20,24-25,30,32,34,37H,7-8,10,12,21-23H2,1-6H3/b32-26+,40-34-;11-9?,19-13-/t47-,48+,56+,57?,59+;24-,25+,30?,32+,34-/m11/s1. The molecule has 664 valence electrons. The van der Waals surface area contributed by atoms with Crippen LogP contribution in [-0.4, -0.2) is 164 Å². The van der Waals surface area contributed by atoms with E-state index in [-0.39, 0.29) is 53.8 Å². The lowest BCUT2D eigenvalue weighted by Crippen LogP contribution is -2.67. The molecule has 2 fully saturated rings. The molecule has 3 heterocycles. The summed E-state index contributed by atoms with van der Waals surface area (Å²) in [7, 11) is -0.262. The lowest BCUT2D eigenvalue weighted by molar-refractivity contribution is -0.152. The second-order valence-corrected chi connectivity index (χ2v) is 51.4. The Morgan fingerprint density at radius 1 is 0.620 bits per heavy atom. The van der Waals surface area contributed by atoms with Gasteiger partial charge in [-0.05, 0) is 208 Å². The molecule has 121 heavy (non-hydrogen) atoms. The highest BCUT2D eigenvalue weighted by atomic mass is 28.4. The number of unbranched alkanes of at least 4 members (excludes halogenated alkanes) is 2. The number of ether oxygens (including phenoxy) is 14. The minimum Gasteiger partial charge on any atom is -0.497 e. The molecule has 0 aliphatic carbocycles. The van der Waals surface area contributed by atoms with Gasteiger partial charge in [0.15, 0.2) is 33.5 Å². The molecular formula is C99H142O19Si3. The van der Waals surface area contributed by atoms with E-state index in [0.29, 0.717) is 74.9 Å². The average molecular weight is 1720 g/mol. The number of hydrogen-bond donors (Lipinski definition) is 1. The van der Waals surface area contributed by atoms with Gasteiger partial charge in [0.1, 0.15) is 58.5 Å². The number of carbonyl (C=O) groups excluding carboxylic acids is 2. The quantitative estimate of drug-likeness (QED) is 0.0125. The van der Waals surface area contributed by atoms with Crippen molar-refractivity contribution in [1.82, 2.24) is 0 Å². The number of hydrogen-bond acceptors (Lipinski definition) is 19. The number of esters is 2. The van der Waals surface area contributed by atoms with Gasteiger partial charge in [-0.2, -0.15) is 0 Å². The second-order valence-electron chi connectivity index (χ2n) is 36.8. The second kappa shape index (κ2) is 46.0. The molecule has 0 aromatic heterocycles. The zero-order chi connectivity index (χ0) is 88.4. The van der Waals surface area contributed by atoms with E-state index in [2.05, 4.69) is 173 Å². The number of aliphatic hydroxyl groups is 1. The molecule has 3 aliphatic heterocycles. The Balaban J connectivity index is 0.000000343. The molecule has 22 heteroatoms. The van der Waals surface area contributed by atoms with Crippen LogP contribution in [-0.2, 0) is 82.3 Å². The van der Waals surface area contributed by atoms with Crippen LogP contribution in [0.3, 0.4) is 0 Å². The lowest BCUT2D eigenvalue weighted by atomic mass is 9.94. The minimum atomic E-state index is -2.82. The SMILES string of the molecule is COCOc1ccc(CCCCOCc2ccc(OC)cc2)c(/C=C/C[C@@H]2OC(C)(C)O[C@@H]2C(/C=C\[C@@H](C)[C@H](C)O[Si](c2ccccc2)(c2ccccc2)C(C)(C)C)O[Si](C)(C)C(C)(C)C)c1C(=O)OCC[Si](C)(C)C.COCOc1ccc(CCCCOCc2ccc(OC)cc2)c2c1C(=O)O[C@@H](C)[C@H](C)/C=C\C(O)[C@H]1OC(C)(C)O[C@H]1CC=C2. The molecule has 0 amide bonds. The summed E-state index contributed by atoms with van der Waals surface area (Å²) in [4.78, 5) is 28.1. The first-order chi connectivity index (χ1) is 57.3. The van der Waals surface area contributed by atoms with Crippen molar-refractivity contribution in [1.29, 1.82) is 0 Å². The summed E-state index contributed by atoms with van der Waals surface area (Å²) in [6.07, 6.45) is 18.3. The number of rotatable bonds is 39.